The number of rotatable bonds is 6. The number of hydrogen-bond donors (Lipinski definition) is 0. The van der Waals surface area contributed by atoms with Gasteiger partial charge in [-0.3, -0.25) is 14.4 Å². The van der Waals surface area contributed by atoms with E-state index in [4.69, 9.17) is 11.6 Å². The highest BCUT2D eigenvalue weighted by Crippen LogP contribution is 2.30. The van der Waals surface area contributed by atoms with Crippen molar-refractivity contribution in [2.75, 3.05) is 10.8 Å². The molecule has 2 rings (SSSR count). The van der Waals surface area contributed by atoms with E-state index in [9.17, 15) is 18.5 Å². The van der Waals surface area contributed by atoms with E-state index in [-0.39, 0.29) is 17.1 Å². The van der Waals surface area contributed by atoms with E-state index < -0.39 is 14.9 Å². The number of nitrogens with zero attached hydrogens (tertiary/aromatic N) is 2. The molecule has 0 saturated carbocycles. The summed E-state index contributed by atoms with van der Waals surface area (Å²) in [7, 11) is -4.01. The van der Waals surface area contributed by atoms with E-state index in [1.165, 1.54) is 30.3 Å². The zero-order valence-electron chi connectivity index (χ0n) is 12.8. The Kier molecular flexibility index (Phi) is 5.26. The molecule has 0 unspecified atom stereocenters. The van der Waals surface area contributed by atoms with E-state index in [0.29, 0.717) is 16.3 Å². The monoisotopic (exact) mass is 366 g/mol. The van der Waals surface area contributed by atoms with Crippen molar-refractivity contribution in [3.05, 3.63) is 75.8 Å². The van der Waals surface area contributed by atoms with Crippen LogP contribution in [-0.2, 0) is 10.0 Å². The Morgan fingerprint density at radius 3 is 2.62 bits per heavy atom. The lowest BCUT2D eigenvalue weighted by atomic mass is 10.2. The third kappa shape index (κ3) is 3.58. The predicted molar refractivity (Wildman–Crippen MR) is 94.0 cm³/mol. The Balaban J connectivity index is 2.61. The van der Waals surface area contributed by atoms with E-state index in [1.54, 1.807) is 19.1 Å². The third-order valence-electron chi connectivity index (χ3n) is 3.35. The molecular formula is C16H15ClN2O4S. The molecule has 24 heavy (non-hydrogen) atoms. The summed E-state index contributed by atoms with van der Waals surface area (Å²) in [5, 5.41) is 11.3. The number of anilines is 1. The molecule has 0 heterocycles. The van der Waals surface area contributed by atoms with E-state index in [1.807, 2.05) is 0 Å². The molecule has 2 aromatic rings. The molecule has 6 nitrogen and oxygen atoms in total. The number of halogens is 1. The second kappa shape index (κ2) is 7.02. The van der Waals surface area contributed by atoms with Gasteiger partial charge in [-0.15, -0.1) is 6.58 Å². The molecule has 0 amide bonds. The van der Waals surface area contributed by atoms with Crippen molar-refractivity contribution in [3.63, 3.8) is 0 Å². The molecule has 0 aromatic heterocycles. The van der Waals surface area contributed by atoms with Crippen molar-refractivity contribution in [2.45, 2.75) is 11.8 Å². The number of hydrogen-bond acceptors (Lipinski definition) is 4. The minimum atomic E-state index is -4.01. The van der Waals surface area contributed by atoms with Gasteiger partial charge in [0.15, 0.2) is 0 Å². The first-order chi connectivity index (χ1) is 11.3. The predicted octanol–water partition coefficient (Wildman–Crippen LogP) is 3.94. The Labute approximate surface area is 145 Å². The third-order valence-corrected chi connectivity index (χ3v) is 5.36. The molecule has 2 aromatic carbocycles. The Morgan fingerprint density at radius 2 is 2.00 bits per heavy atom. The SMILES string of the molecule is C=CCN(c1cc(Cl)ccc1C)S(=O)(=O)c1cccc([N+](=O)[O-])c1. The minimum absolute atomic E-state index is 0.00616. The van der Waals surface area contributed by atoms with Crippen LogP contribution in [0, 0.1) is 17.0 Å². The number of benzene rings is 2. The van der Waals surface area contributed by atoms with Crippen LogP contribution in [0.15, 0.2) is 60.0 Å². The second-order valence-corrected chi connectivity index (χ2v) is 7.31. The van der Waals surface area contributed by atoms with Crippen molar-refractivity contribution in [3.8, 4) is 0 Å². The highest BCUT2D eigenvalue weighted by atomic mass is 35.5. The Morgan fingerprint density at radius 1 is 1.29 bits per heavy atom. The summed E-state index contributed by atoms with van der Waals surface area (Å²) in [5.74, 6) is 0. The van der Waals surface area contributed by atoms with Crippen molar-refractivity contribution in [1.82, 2.24) is 0 Å². The fourth-order valence-corrected chi connectivity index (χ4v) is 3.88. The summed E-state index contributed by atoms with van der Waals surface area (Å²) in [5.41, 5.74) is 0.807. The number of sulfonamides is 1. The Hall–Kier alpha value is -2.38. The standard InChI is InChI=1S/C16H15ClN2O4S/c1-3-9-18(16-10-13(17)8-7-12(16)2)24(22,23)15-6-4-5-14(11-15)19(20)21/h3-8,10-11H,1,9H2,2H3. The van der Waals surface area contributed by atoms with Gasteiger partial charge in [-0.25, -0.2) is 8.42 Å². The number of non-ortho nitro benzene ring substituents is 1. The van der Waals surface area contributed by atoms with Gasteiger partial charge in [0.25, 0.3) is 15.7 Å². The maximum Gasteiger partial charge on any atom is 0.270 e. The summed E-state index contributed by atoms with van der Waals surface area (Å²) in [6, 6.07) is 9.82. The molecule has 0 radical (unpaired) electrons. The largest absolute Gasteiger partial charge is 0.270 e. The molecule has 0 fully saturated rings. The van der Waals surface area contributed by atoms with Crippen LogP contribution in [0.5, 0.6) is 0 Å². The normalized spacial score (nSPS) is 11.1. The van der Waals surface area contributed by atoms with Crippen molar-refractivity contribution in [1.29, 1.82) is 0 Å². The highest BCUT2D eigenvalue weighted by Gasteiger charge is 2.26. The number of aryl methyl sites for hydroxylation is 1. The van der Waals surface area contributed by atoms with Gasteiger partial charge in [0.2, 0.25) is 0 Å². The summed E-state index contributed by atoms with van der Waals surface area (Å²) >= 11 is 5.99. The molecule has 0 N–H and O–H groups in total. The molecule has 0 bridgehead atoms. The topological polar surface area (TPSA) is 80.5 Å². The second-order valence-electron chi connectivity index (χ2n) is 5.01. The van der Waals surface area contributed by atoms with Crippen LogP contribution < -0.4 is 4.31 Å². The summed E-state index contributed by atoms with van der Waals surface area (Å²) in [6.07, 6.45) is 1.44. The summed E-state index contributed by atoms with van der Waals surface area (Å²) < 4.78 is 27.1. The quantitative estimate of drug-likeness (QED) is 0.440. The van der Waals surface area contributed by atoms with Crippen LogP contribution in [-0.4, -0.2) is 19.9 Å². The van der Waals surface area contributed by atoms with Crippen LogP contribution in [0.2, 0.25) is 5.02 Å². The van der Waals surface area contributed by atoms with Gasteiger partial charge in [-0.05, 0) is 30.7 Å². The first-order valence-electron chi connectivity index (χ1n) is 6.91. The average Bonchev–Trinajstić information content (AvgIpc) is 2.55. The van der Waals surface area contributed by atoms with Crippen molar-refractivity contribution >= 4 is 33.0 Å². The zero-order valence-corrected chi connectivity index (χ0v) is 14.4. The molecule has 0 atom stereocenters. The van der Waals surface area contributed by atoms with Crippen LogP contribution in [0.25, 0.3) is 0 Å². The first-order valence-corrected chi connectivity index (χ1v) is 8.73. The summed E-state index contributed by atoms with van der Waals surface area (Å²) in [4.78, 5) is 10.1. The van der Waals surface area contributed by atoms with Gasteiger partial charge in [-0.1, -0.05) is 29.8 Å². The van der Waals surface area contributed by atoms with Crippen molar-refractivity contribution in [2.24, 2.45) is 0 Å². The van der Waals surface area contributed by atoms with E-state index in [0.717, 1.165) is 10.4 Å². The molecular weight excluding hydrogens is 352 g/mol. The van der Waals surface area contributed by atoms with Crippen LogP contribution >= 0.6 is 11.6 Å². The van der Waals surface area contributed by atoms with E-state index in [2.05, 4.69) is 6.58 Å². The van der Waals surface area contributed by atoms with Crippen LogP contribution in [0.1, 0.15) is 5.56 Å². The number of nitro groups is 1. The molecule has 0 aliphatic heterocycles. The lowest BCUT2D eigenvalue weighted by Crippen LogP contribution is -2.31. The average molecular weight is 367 g/mol. The van der Waals surface area contributed by atoms with Crippen molar-refractivity contribution < 1.29 is 13.3 Å². The lowest BCUT2D eigenvalue weighted by Gasteiger charge is -2.25. The van der Waals surface area contributed by atoms with Crippen LogP contribution in [0.3, 0.4) is 0 Å². The fourth-order valence-electron chi connectivity index (χ4n) is 2.18. The molecule has 0 spiro atoms. The maximum atomic E-state index is 13.0. The fraction of sp³-hybridized carbons (Fsp3) is 0.125. The van der Waals surface area contributed by atoms with Gasteiger partial charge in [0.05, 0.1) is 22.1 Å². The van der Waals surface area contributed by atoms with Gasteiger partial charge >= 0.3 is 0 Å². The van der Waals surface area contributed by atoms with Gasteiger partial charge in [-0.2, -0.15) is 0 Å². The minimum Gasteiger partial charge on any atom is -0.262 e. The Bertz CT molecular complexity index is 897. The van der Waals surface area contributed by atoms with Gasteiger partial charge in [0.1, 0.15) is 0 Å². The highest BCUT2D eigenvalue weighted by molar-refractivity contribution is 7.92. The molecule has 0 saturated heterocycles. The molecule has 0 aliphatic carbocycles. The lowest BCUT2D eigenvalue weighted by molar-refractivity contribution is -0.385. The number of nitro benzene ring substituents is 1. The molecule has 126 valence electrons. The van der Waals surface area contributed by atoms with E-state index >= 15 is 0 Å². The van der Waals surface area contributed by atoms with Gasteiger partial charge in [0, 0.05) is 17.2 Å². The molecule has 8 heteroatoms. The maximum absolute atomic E-state index is 13.0. The van der Waals surface area contributed by atoms with Crippen LogP contribution in [0.4, 0.5) is 11.4 Å². The summed E-state index contributed by atoms with van der Waals surface area (Å²) in [6.45, 7) is 5.34. The van der Waals surface area contributed by atoms with Gasteiger partial charge < -0.3 is 0 Å². The zero-order chi connectivity index (χ0) is 17.9. The smallest absolute Gasteiger partial charge is 0.262 e. The first kappa shape index (κ1) is 18.0. The molecule has 0 aliphatic rings.